The molecule has 0 aromatic heterocycles. The standard InChI is InChI=1S/C9H9FN2O7S/c10-5-1-2-8(7(3-5)12(16)17)20(18,19)11-6(4-13)9(14)15/h1-3,6,11,13H,4H2,(H,14,15)/t6-/m1/s1. The van der Waals surface area contributed by atoms with Gasteiger partial charge in [0.25, 0.3) is 5.69 Å². The third-order valence-corrected chi connectivity index (χ3v) is 3.70. The first kappa shape index (κ1) is 15.9. The van der Waals surface area contributed by atoms with Gasteiger partial charge in [0, 0.05) is 0 Å². The molecule has 1 atom stereocenters. The molecule has 1 aromatic carbocycles. The van der Waals surface area contributed by atoms with Crippen molar-refractivity contribution in [1.82, 2.24) is 4.72 Å². The molecule has 0 aliphatic carbocycles. The van der Waals surface area contributed by atoms with Crippen LogP contribution in [-0.4, -0.2) is 42.2 Å². The number of aliphatic hydroxyl groups is 1. The van der Waals surface area contributed by atoms with Gasteiger partial charge in [0.2, 0.25) is 10.0 Å². The van der Waals surface area contributed by atoms with Crippen LogP contribution in [0.5, 0.6) is 0 Å². The maximum atomic E-state index is 12.9. The molecule has 0 fully saturated rings. The predicted octanol–water partition coefficient (Wildman–Crippen LogP) is -0.542. The zero-order valence-electron chi connectivity index (χ0n) is 9.69. The zero-order valence-corrected chi connectivity index (χ0v) is 10.5. The Balaban J connectivity index is 3.29. The Labute approximate surface area is 111 Å². The Morgan fingerprint density at radius 2 is 2.10 bits per heavy atom. The normalized spacial score (nSPS) is 12.9. The molecular formula is C9H9FN2O7S. The van der Waals surface area contributed by atoms with Crippen molar-refractivity contribution in [3.63, 3.8) is 0 Å². The minimum Gasteiger partial charge on any atom is -0.480 e. The van der Waals surface area contributed by atoms with Crippen LogP contribution in [0.4, 0.5) is 10.1 Å². The molecule has 0 aliphatic heterocycles. The van der Waals surface area contributed by atoms with Gasteiger partial charge in [-0.05, 0) is 12.1 Å². The molecule has 0 amide bonds. The number of carbonyl (C=O) groups is 1. The molecule has 0 saturated carbocycles. The number of hydrogen-bond donors (Lipinski definition) is 3. The summed E-state index contributed by atoms with van der Waals surface area (Å²) in [4.78, 5) is 19.3. The summed E-state index contributed by atoms with van der Waals surface area (Å²) in [5, 5.41) is 28.0. The Morgan fingerprint density at radius 3 is 2.55 bits per heavy atom. The fraction of sp³-hybridized carbons (Fsp3) is 0.222. The minimum absolute atomic E-state index is 0.392. The summed E-state index contributed by atoms with van der Waals surface area (Å²) in [6, 6.07) is -0.171. The highest BCUT2D eigenvalue weighted by Crippen LogP contribution is 2.24. The maximum absolute atomic E-state index is 12.9. The first-order chi connectivity index (χ1) is 9.19. The van der Waals surface area contributed by atoms with Crippen molar-refractivity contribution < 1.29 is 32.7 Å². The number of aliphatic hydroxyl groups excluding tert-OH is 1. The van der Waals surface area contributed by atoms with Crippen LogP contribution < -0.4 is 4.72 Å². The number of rotatable bonds is 6. The van der Waals surface area contributed by atoms with Crippen LogP contribution in [0, 0.1) is 15.9 Å². The van der Waals surface area contributed by atoms with Gasteiger partial charge >= 0.3 is 5.97 Å². The van der Waals surface area contributed by atoms with Crippen molar-refractivity contribution in [2.75, 3.05) is 6.61 Å². The number of aliphatic carboxylic acids is 1. The third-order valence-electron chi connectivity index (χ3n) is 2.19. The molecule has 11 heteroatoms. The number of sulfonamides is 1. The van der Waals surface area contributed by atoms with Gasteiger partial charge in [0.05, 0.1) is 17.6 Å². The van der Waals surface area contributed by atoms with Crippen LogP contribution in [-0.2, 0) is 14.8 Å². The molecule has 0 saturated heterocycles. The van der Waals surface area contributed by atoms with Gasteiger partial charge in [0.1, 0.15) is 11.9 Å². The van der Waals surface area contributed by atoms with Crippen molar-refractivity contribution in [3.05, 3.63) is 34.1 Å². The number of nitrogens with zero attached hydrogens (tertiary/aromatic N) is 1. The highest BCUT2D eigenvalue weighted by Gasteiger charge is 2.30. The van der Waals surface area contributed by atoms with Gasteiger partial charge in [-0.25, -0.2) is 12.8 Å². The summed E-state index contributed by atoms with van der Waals surface area (Å²) in [5.41, 5.74) is -1.04. The highest BCUT2D eigenvalue weighted by atomic mass is 32.2. The molecule has 0 bridgehead atoms. The summed E-state index contributed by atoms with van der Waals surface area (Å²) >= 11 is 0. The average Bonchev–Trinajstić information content (AvgIpc) is 2.35. The van der Waals surface area contributed by atoms with E-state index in [2.05, 4.69) is 0 Å². The van der Waals surface area contributed by atoms with Crippen molar-refractivity contribution in [1.29, 1.82) is 0 Å². The lowest BCUT2D eigenvalue weighted by molar-refractivity contribution is -0.388. The second-order valence-electron chi connectivity index (χ2n) is 3.56. The van der Waals surface area contributed by atoms with E-state index < -0.39 is 50.0 Å². The molecule has 1 rings (SSSR count). The number of hydrogen-bond acceptors (Lipinski definition) is 6. The SMILES string of the molecule is O=C(O)[C@@H](CO)NS(=O)(=O)c1ccc(F)cc1[N+](=O)[O-]. The summed E-state index contributed by atoms with van der Waals surface area (Å²) in [5.74, 6) is -2.69. The van der Waals surface area contributed by atoms with Crippen LogP contribution in [0.2, 0.25) is 0 Å². The molecule has 0 spiro atoms. The average molecular weight is 308 g/mol. The number of benzene rings is 1. The smallest absolute Gasteiger partial charge is 0.324 e. The summed E-state index contributed by atoms with van der Waals surface area (Å²) in [6.07, 6.45) is 0. The van der Waals surface area contributed by atoms with Gasteiger partial charge in [-0.15, -0.1) is 0 Å². The van der Waals surface area contributed by atoms with E-state index >= 15 is 0 Å². The number of nitro groups is 1. The maximum Gasteiger partial charge on any atom is 0.324 e. The Bertz CT molecular complexity index is 646. The van der Waals surface area contributed by atoms with E-state index in [0.29, 0.717) is 18.2 Å². The summed E-state index contributed by atoms with van der Waals surface area (Å²) in [6.45, 7) is -1.05. The van der Waals surface area contributed by atoms with Gasteiger partial charge in [-0.3, -0.25) is 14.9 Å². The third kappa shape index (κ3) is 3.46. The van der Waals surface area contributed by atoms with Gasteiger partial charge in [-0.1, -0.05) is 0 Å². The minimum atomic E-state index is -4.61. The Hall–Kier alpha value is -2.11. The van der Waals surface area contributed by atoms with Gasteiger partial charge in [0.15, 0.2) is 4.90 Å². The van der Waals surface area contributed by atoms with Crippen molar-refractivity contribution in [2.45, 2.75) is 10.9 Å². The number of carboxylic acids is 1. The molecule has 20 heavy (non-hydrogen) atoms. The van der Waals surface area contributed by atoms with Crippen molar-refractivity contribution in [3.8, 4) is 0 Å². The lowest BCUT2D eigenvalue weighted by Gasteiger charge is -2.12. The summed E-state index contributed by atoms with van der Waals surface area (Å²) in [7, 11) is -4.61. The fourth-order valence-electron chi connectivity index (χ4n) is 1.28. The number of nitro benzene ring substituents is 1. The molecule has 0 unspecified atom stereocenters. The second-order valence-corrected chi connectivity index (χ2v) is 5.25. The Morgan fingerprint density at radius 1 is 1.50 bits per heavy atom. The molecule has 110 valence electrons. The van der Waals surface area contributed by atoms with Crippen LogP contribution in [0.25, 0.3) is 0 Å². The zero-order chi connectivity index (χ0) is 15.5. The van der Waals surface area contributed by atoms with E-state index in [0.717, 1.165) is 0 Å². The molecule has 9 nitrogen and oxygen atoms in total. The van der Waals surface area contributed by atoms with Crippen LogP contribution in [0.3, 0.4) is 0 Å². The lowest BCUT2D eigenvalue weighted by atomic mass is 10.3. The number of carboxylic acid groups (broad SMARTS) is 1. The Kier molecular flexibility index (Phi) is 4.70. The lowest BCUT2D eigenvalue weighted by Crippen LogP contribution is -2.43. The molecule has 0 heterocycles. The van der Waals surface area contributed by atoms with Crippen LogP contribution >= 0.6 is 0 Å². The molecule has 0 radical (unpaired) electrons. The topological polar surface area (TPSA) is 147 Å². The fourth-order valence-corrected chi connectivity index (χ4v) is 2.61. The van der Waals surface area contributed by atoms with Gasteiger partial charge < -0.3 is 10.2 Å². The van der Waals surface area contributed by atoms with Crippen LogP contribution in [0.1, 0.15) is 0 Å². The van der Waals surface area contributed by atoms with E-state index in [1.807, 2.05) is 0 Å². The van der Waals surface area contributed by atoms with Crippen molar-refractivity contribution in [2.24, 2.45) is 0 Å². The monoisotopic (exact) mass is 308 g/mol. The second kappa shape index (κ2) is 5.90. The number of nitrogens with one attached hydrogen (secondary N) is 1. The molecule has 0 aliphatic rings. The van der Waals surface area contributed by atoms with Crippen molar-refractivity contribution >= 4 is 21.7 Å². The van der Waals surface area contributed by atoms with E-state index in [1.165, 1.54) is 0 Å². The van der Waals surface area contributed by atoms with E-state index in [9.17, 15) is 27.7 Å². The quantitative estimate of drug-likeness (QED) is 0.472. The molecule has 1 aromatic rings. The van der Waals surface area contributed by atoms with Gasteiger partial charge in [-0.2, -0.15) is 4.72 Å². The van der Waals surface area contributed by atoms with Crippen LogP contribution in [0.15, 0.2) is 23.1 Å². The first-order valence-electron chi connectivity index (χ1n) is 4.99. The molecular weight excluding hydrogens is 299 g/mol. The predicted molar refractivity (Wildman–Crippen MR) is 61.9 cm³/mol. The van der Waals surface area contributed by atoms with E-state index in [-0.39, 0.29) is 0 Å². The number of halogens is 1. The highest BCUT2D eigenvalue weighted by molar-refractivity contribution is 7.89. The summed E-state index contributed by atoms with van der Waals surface area (Å²) < 4.78 is 38.1. The van der Waals surface area contributed by atoms with E-state index in [4.69, 9.17) is 10.2 Å². The molecule has 3 N–H and O–H groups in total. The first-order valence-corrected chi connectivity index (χ1v) is 6.47. The van der Waals surface area contributed by atoms with E-state index in [1.54, 1.807) is 4.72 Å². The largest absolute Gasteiger partial charge is 0.480 e.